The molecule has 0 spiro atoms. The summed E-state index contributed by atoms with van der Waals surface area (Å²) in [6.07, 6.45) is 3.56. The van der Waals surface area contributed by atoms with Crippen LogP contribution in [0.5, 0.6) is 0 Å². The average Bonchev–Trinajstić information content (AvgIpc) is 3.12. The third-order valence-electron chi connectivity index (χ3n) is 2.87. The van der Waals surface area contributed by atoms with Crippen LogP contribution in [0.2, 0.25) is 0 Å². The van der Waals surface area contributed by atoms with E-state index >= 15 is 0 Å². The minimum Gasteiger partial charge on any atom is -0.266 e. The Bertz CT molecular complexity index is 800. The topological polar surface area (TPSA) is 32.7 Å². The Morgan fingerprint density at radius 2 is 1.73 bits per heavy atom. The summed E-state index contributed by atoms with van der Waals surface area (Å²) in [4.78, 5) is 17.5. The summed E-state index contributed by atoms with van der Waals surface area (Å²) in [5.74, 6) is -0.161. The van der Waals surface area contributed by atoms with Gasteiger partial charge in [-0.2, -0.15) is 10.1 Å². The smallest absolute Gasteiger partial charge is 0.266 e. The van der Waals surface area contributed by atoms with E-state index in [1.165, 1.54) is 26.5 Å². The molecule has 1 amide bonds. The van der Waals surface area contributed by atoms with Crippen molar-refractivity contribution in [2.24, 2.45) is 5.10 Å². The molecular weight excluding hydrogens is 352 g/mol. The molecule has 3 nitrogen and oxygen atoms in total. The predicted molar refractivity (Wildman–Crippen MR) is 101 cm³/mol. The molecule has 0 bridgehead atoms. The summed E-state index contributed by atoms with van der Waals surface area (Å²) in [5, 5.41) is 5.53. The van der Waals surface area contributed by atoms with Crippen molar-refractivity contribution >= 4 is 69.2 Å². The van der Waals surface area contributed by atoms with Crippen molar-refractivity contribution in [1.82, 2.24) is 5.01 Å². The number of thiophene rings is 2. The van der Waals surface area contributed by atoms with Gasteiger partial charge in [0.05, 0.1) is 11.1 Å². The van der Waals surface area contributed by atoms with E-state index in [9.17, 15) is 4.79 Å². The third kappa shape index (κ3) is 3.38. The van der Waals surface area contributed by atoms with Gasteiger partial charge in [0.1, 0.15) is 0 Å². The van der Waals surface area contributed by atoms with E-state index in [0.717, 1.165) is 9.75 Å². The van der Waals surface area contributed by atoms with Crippen LogP contribution in [0, 0.1) is 13.8 Å². The molecule has 22 heavy (non-hydrogen) atoms. The number of carbonyl (C=O) groups is 1. The summed E-state index contributed by atoms with van der Waals surface area (Å²) in [5.41, 5.74) is 0. The maximum Gasteiger partial charge on any atom is 0.286 e. The van der Waals surface area contributed by atoms with E-state index in [1.807, 2.05) is 44.2 Å². The lowest BCUT2D eigenvalue weighted by Gasteiger charge is -2.05. The Morgan fingerprint density at radius 3 is 2.32 bits per heavy atom. The number of thioether (sulfide) groups is 1. The first-order chi connectivity index (χ1) is 10.5. The van der Waals surface area contributed by atoms with E-state index in [2.05, 4.69) is 5.10 Å². The van der Waals surface area contributed by atoms with Gasteiger partial charge in [-0.3, -0.25) is 4.79 Å². The molecule has 0 N–H and O–H groups in total. The van der Waals surface area contributed by atoms with Gasteiger partial charge < -0.3 is 0 Å². The van der Waals surface area contributed by atoms with Crippen LogP contribution in [0.25, 0.3) is 6.08 Å². The number of aryl methyl sites for hydroxylation is 2. The monoisotopic (exact) mass is 364 g/mol. The second-order valence-electron chi connectivity index (χ2n) is 4.63. The van der Waals surface area contributed by atoms with Gasteiger partial charge >= 0.3 is 0 Å². The van der Waals surface area contributed by atoms with Crippen LogP contribution in [0.15, 0.2) is 34.3 Å². The molecule has 2 aromatic heterocycles. The highest BCUT2D eigenvalue weighted by Gasteiger charge is 2.32. The van der Waals surface area contributed by atoms with Crippen LogP contribution in [-0.2, 0) is 4.79 Å². The fraction of sp³-hybridized carbons (Fsp3) is 0.133. The first-order valence-electron chi connectivity index (χ1n) is 6.48. The molecular formula is C15H12N2OS4. The lowest BCUT2D eigenvalue weighted by atomic mass is 10.4. The van der Waals surface area contributed by atoms with E-state index in [4.69, 9.17) is 12.2 Å². The highest BCUT2D eigenvalue weighted by atomic mass is 32.2. The van der Waals surface area contributed by atoms with Crippen molar-refractivity contribution < 1.29 is 4.79 Å². The average molecular weight is 365 g/mol. The number of nitrogens with zero attached hydrogens (tertiary/aromatic N) is 2. The van der Waals surface area contributed by atoms with Crippen LogP contribution in [0.3, 0.4) is 0 Å². The zero-order valence-electron chi connectivity index (χ0n) is 11.9. The zero-order valence-corrected chi connectivity index (χ0v) is 15.2. The van der Waals surface area contributed by atoms with E-state index in [0.29, 0.717) is 9.23 Å². The van der Waals surface area contributed by atoms with Crippen molar-refractivity contribution in [2.45, 2.75) is 13.8 Å². The van der Waals surface area contributed by atoms with Gasteiger partial charge in [0, 0.05) is 19.5 Å². The Kier molecular flexibility index (Phi) is 4.58. The lowest BCUT2D eigenvalue weighted by molar-refractivity contribution is -0.122. The van der Waals surface area contributed by atoms with Crippen LogP contribution < -0.4 is 0 Å². The first-order valence-corrected chi connectivity index (χ1v) is 9.33. The van der Waals surface area contributed by atoms with Crippen molar-refractivity contribution in [1.29, 1.82) is 0 Å². The van der Waals surface area contributed by atoms with Gasteiger partial charge in [0.25, 0.3) is 5.91 Å². The van der Waals surface area contributed by atoms with Crippen LogP contribution >= 0.6 is 46.7 Å². The summed E-state index contributed by atoms with van der Waals surface area (Å²) in [6.45, 7) is 4.08. The largest absolute Gasteiger partial charge is 0.286 e. The van der Waals surface area contributed by atoms with Crippen molar-refractivity contribution in [3.63, 3.8) is 0 Å². The van der Waals surface area contributed by atoms with Crippen molar-refractivity contribution in [3.05, 3.63) is 48.7 Å². The highest BCUT2D eigenvalue weighted by Crippen LogP contribution is 2.34. The Hall–Kier alpha value is -1.28. The molecule has 0 radical (unpaired) electrons. The lowest BCUT2D eigenvalue weighted by Crippen LogP contribution is -2.21. The molecule has 0 atom stereocenters. The quantitative estimate of drug-likeness (QED) is 0.451. The normalized spacial score (nSPS) is 17.4. The second-order valence-corrected chi connectivity index (χ2v) is 8.95. The Labute approximate surface area is 146 Å². The fourth-order valence-electron chi connectivity index (χ4n) is 1.86. The van der Waals surface area contributed by atoms with Crippen molar-refractivity contribution in [2.75, 3.05) is 0 Å². The molecule has 0 aliphatic carbocycles. The van der Waals surface area contributed by atoms with Gasteiger partial charge in [-0.15, -0.1) is 22.7 Å². The SMILES string of the molecule is Cc1ccc(C=NN2C(=O)/C(=C/c3ccc(C)s3)SC2=S)s1. The Morgan fingerprint density at radius 1 is 1.09 bits per heavy atom. The van der Waals surface area contributed by atoms with E-state index in [1.54, 1.807) is 28.9 Å². The van der Waals surface area contributed by atoms with Crippen LogP contribution in [-0.4, -0.2) is 21.5 Å². The van der Waals surface area contributed by atoms with E-state index < -0.39 is 0 Å². The number of hydrazone groups is 1. The molecule has 2 aromatic rings. The molecule has 0 saturated carbocycles. The van der Waals surface area contributed by atoms with E-state index in [-0.39, 0.29) is 5.91 Å². The molecule has 0 aromatic carbocycles. The predicted octanol–water partition coefficient (Wildman–Crippen LogP) is 4.66. The molecule has 3 rings (SSSR count). The maximum absolute atomic E-state index is 12.4. The Balaban J connectivity index is 1.79. The molecule has 7 heteroatoms. The van der Waals surface area contributed by atoms with Gasteiger partial charge in [0.2, 0.25) is 0 Å². The molecule has 3 heterocycles. The fourth-order valence-corrected chi connectivity index (χ4v) is 4.66. The number of amides is 1. The number of hydrogen-bond acceptors (Lipinski definition) is 6. The molecule has 1 aliphatic heterocycles. The maximum atomic E-state index is 12.4. The number of carbonyl (C=O) groups excluding carboxylic acids is 1. The van der Waals surface area contributed by atoms with Crippen molar-refractivity contribution in [3.8, 4) is 0 Å². The van der Waals surface area contributed by atoms with Gasteiger partial charge in [0.15, 0.2) is 4.32 Å². The standard InChI is InChI=1S/C15H12N2OS4/c1-9-3-5-11(20-9)7-13-14(18)17(15(19)22-13)16-8-12-6-4-10(2)21-12/h3-8H,1-2H3/b13-7-,16-8?. The minimum atomic E-state index is -0.161. The molecule has 1 aliphatic rings. The molecule has 1 fully saturated rings. The minimum absolute atomic E-state index is 0.161. The van der Waals surface area contributed by atoms with Gasteiger partial charge in [-0.05, 0) is 56.4 Å². The first kappa shape index (κ1) is 15.6. The molecule has 0 unspecified atom stereocenters. The number of hydrogen-bond donors (Lipinski definition) is 0. The van der Waals surface area contributed by atoms with Gasteiger partial charge in [-0.1, -0.05) is 11.8 Å². The van der Waals surface area contributed by atoms with Crippen LogP contribution in [0.4, 0.5) is 0 Å². The summed E-state index contributed by atoms with van der Waals surface area (Å²) in [6, 6.07) is 8.04. The molecule has 1 saturated heterocycles. The number of thiocarbonyl (C=S) groups is 1. The van der Waals surface area contributed by atoms with Crippen LogP contribution in [0.1, 0.15) is 19.5 Å². The highest BCUT2D eigenvalue weighted by molar-refractivity contribution is 8.26. The summed E-state index contributed by atoms with van der Waals surface area (Å²) < 4.78 is 0.467. The number of rotatable bonds is 3. The summed E-state index contributed by atoms with van der Waals surface area (Å²) in [7, 11) is 0. The summed E-state index contributed by atoms with van der Waals surface area (Å²) >= 11 is 9.83. The van der Waals surface area contributed by atoms with Gasteiger partial charge in [-0.25, -0.2) is 0 Å². The molecule has 112 valence electrons. The zero-order chi connectivity index (χ0) is 15.7. The third-order valence-corrected chi connectivity index (χ3v) is 6.04. The second kappa shape index (κ2) is 6.45.